The minimum Gasteiger partial charge on any atom is -0.247 e. The van der Waals surface area contributed by atoms with Crippen LogP contribution in [-0.2, 0) is 0 Å². The molecule has 0 atom stereocenters. The van der Waals surface area contributed by atoms with Crippen LogP contribution in [0.3, 0.4) is 0 Å². The van der Waals surface area contributed by atoms with Crippen LogP contribution < -0.4 is 0 Å². The molecule has 0 N–H and O–H groups in total. The molecule has 1 heterocycles. The second-order valence-electron chi connectivity index (χ2n) is 4.91. The van der Waals surface area contributed by atoms with Crippen molar-refractivity contribution in [2.75, 3.05) is 0 Å². The predicted octanol–water partition coefficient (Wildman–Crippen LogP) is 4.62. The van der Waals surface area contributed by atoms with Gasteiger partial charge in [0.1, 0.15) is 39.8 Å². The van der Waals surface area contributed by atoms with E-state index >= 15 is 0 Å². The summed E-state index contributed by atoms with van der Waals surface area (Å²) in [6.07, 6.45) is 0. The maximum Gasteiger partial charge on any atom is 0.234 e. The summed E-state index contributed by atoms with van der Waals surface area (Å²) in [4.78, 5) is 12.6. The maximum atomic E-state index is 14.4. The Bertz CT molecular complexity index is 1230. The van der Waals surface area contributed by atoms with E-state index < -0.39 is 62.3 Å². The summed E-state index contributed by atoms with van der Waals surface area (Å²) in [6.45, 7) is 14.9. The number of halogens is 4. The molecule has 0 saturated carbocycles. The van der Waals surface area contributed by atoms with E-state index in [1.165, 1.54) is 6.07 Å². The molecule has 2 aromatic carbocycles. The van der Waals surface area contributed by atoms with E-state index in [0.29, 0.717) is 0 Å². The van der Waals surface area contributed by atoms with Crippen molar-refractivity contribution in [1.82, 2.24) is 9.97 Å². The highest BCUT2D eigenvalue weighted by Crippen LogP contribution is 2.40. The van der Waals surface area contributed by atoms with Crippen molar-refractivity contribution in [3.8, 4) is 6.07 Å². The van der Waals surface area contributed by atoms with E-state index in [1.807, 2.05) is 0 Å². The second kappa shape index (κ2) is 5.40. The smallest absolute Gasteiger partial charge is 0.234 e. The molecular formula is C16H3F4N5. The van der Waals surface area contributed by atoms with Crippen LogP contribution in [0.15, 0.2) is 0 Å². The Morgan fingerprint density at radius 2 is 1.20 bits per heavy atom. The van der Waals surface area contributed by atoms with Gasteiger partial charge in [0.2, 0.25) is 11.4 Å². The summed E-state index contributed by atoms with van der Waals surface area (Å²) in [5.41, 5.74) is -5.93. The molecule has 0 aliphatic heterocycles. The van der Waals surface area contributed by atoms with E-state index in [9.17, 15) is 17.6 Å². The van der Waals surface area contributed by atoms with Gasteiger partial charge in [-0.2, -0.15) is 5.26 Å². The van der Waals surface area contributed by atoms with Gasteiger partial charge >= 0.3 is 0 Å². The number of rotatable bonds is 0. The van der Waals surface area contributed by atoms with Gasteiger partial charge in [0, 0.05) is 5.56 Å². The van der Waals surface area contributed by atoms with E-state index in [4.69, 9.17) is 18.4 Å². The van der Waals surface area contributed by atoms with Crippen molar-refractivity contribution < 1.29 is 17.6 Å². The monoisotopic (exact) mass is 341 g/mol. The summed E-state index contributed by atoms with van der Waals surface area (Å²) in [5.74, 6) is -5.07. The van der Waals surface area contributed by atoms with Crippen molar-refractivity contribution in [2.24, 2.45) is 0 Å². The van der Waals surface area contributed by atoms with Crippen LogP contribution in [0.1, 0.15) is 11.1 Å². The predicted molar refractivity (Wildman–Crippen MR) is 78.9 cm³/mol. The maximum absolute atomic E-state index is 14.4. The van der Waals surface area contributed by atoms with Gasteiger partial charge in [-0.1, -0.05) is 0 Å². The lowest BCUT2D eigenvalue weighted by Gasteiger charge is -2.10. The highest BCUT2D eigenvalue weighted by molar-refractivity contribution is 5.95. The lowest BCUT2D eigenvalue weighted by atomic mass is 10.1. The molecule has 120 valence electrons. The first-order chi connectivity index (χ1) is 11.9. The fourth-order valence-corrected chi connectivity index (χ4v) is 2.39. The third-order valence-electron chi connectivity index (χ3n) is 3.63. The molecule has 0 saturated heterocycles. The average Bonchev–Trinajstić information content (AvgIpc) is 2.62. The first-order valence-corrected chi connectivity index (χ1v) is 6.52. The standard InChI is InChI=1S/C16H3F4N5/c1-5-6(4-21)8(18)14-13(7(5)17)24-15-9(19)11(22-2)12(23-3)10(20)16(15)25-14/h1H3. The summed E-state index contributed by atoms with van der Waals surface area (Å²) >= 11 is 0. The first-order valence-electron chi connectivity index (χ1n) is 6.52. The fraction of sp³-hybridized carbons (Fsp3) is 0.0625. The Morgan fingerprint density at radius 1 is 0.800 bits per heavy atom. The number of aromatic nitrogens is 2. The van der Waals surface area contributed by atoms with E-state index in [0.717, 1.165) is 6.92 Å². The van der Waals surface area contributed by atoms with Crippen molar-refractivity contribution in [1.29, 1.82) is 5.26 Å². The van der Waals surface area contributed by atoms with Gasteiger partial charge in [0.25, 0.3) is 0 Å². The van der Waals surface area contributed by atoms with Crippen LogP contribution in [0, 0.1) is 54.7 Å². The first kappa shape index (κ1) is 16.1. The highest BCUT2D eigenvalue weighted by atomic mass is 19.1. The molecule has 0 fully saturated rings. The quantitative estimate of drug-likeness (QED) is 0.340. The van der Waals surface area contributed by atoms with Crippen molar-refractivity contribution in [3.63, 3.8) is 0 Å². The number of hydrogen-bond acceptors (Lipinski definition) is 3. The van der Waals surface area contributed by atoms with Gasteiger partial charge in [-0.15, -0.1) is 0 Å². The Balaban J connectivity index is 2.67. The topological polar surface area (TPSA) is 58.3 Å². The van der Waals surface area contributed by atoms with Crippen LogP contribution >= 0.6 is 0 Å². The normalized spacial score (nSPS) is 10.5. The highest BCUT2D eigenvalue weighted by Gasteiger charge is 2.26. The number of fused-ring (bicyclic) bond motifs is 2. The van der Waals surface area contributed by atoms with Crippen LogP contribution in [0.5, 0.6) is 0 Å². The zero-order chi connectivity index (χ0) is 18.5. The van der Waals surface area contributed by atoms with E-state index in [1.54, 1.807) is 0 Å². The number of benzene rings is 2. The van der Waals surface area contributed by atoms with E-state index in [-0.39, 0.29) is 5.56 Å². The zero-order valence-electron chi connectivity index (χ0n) is 12.2. The van der Waals surface area contributed by atoms with Gasteiger partial charge in [0.15, 0.2) is 11.6 Å². The minimum absolute atomic E-state index is 0.356. The SMILES string of the molecule is [C-]#[N+]c1c([N+]#[C-])c(F)c2nc3c(F)c(C#N)c(C)c(F)c3nc2c1F. The molecule has 5 nitrogen and oxygen atoms in total. The largest absolute Gasteiger partial charge is 0.247 e. The molecule has 1 aromatic heterocycles. The van der Waals surface area contributed by atoms with Crippen LogP contribution in [0.25, 0.3) is 31.8 Å². The molecular weight excluding hydrogens is 338 g/mol. The second-order valence-corrected chi connectivity index (χ2v) is 4.91. The third kappa shape index (κ3) is 1.98. The molecule has 0 aliphatic carbocycles. The molecule has 0 radical (unpaired) electrons. The number of nitrogens with zero attached hydrogens (tertiary/aromatic N) is 5. The lowest BCUT2D eigenvalue weighted by Crippen LogP contribution is -2.03. The van der Waals surface area contributed by atoms with Crippen LogP contribution in [-0.4, -0.2) is 9.97 Å². The Kier molecular flexibility index (Phi) is 3.48. The van der Waals surface area contributed by atoms with Gasteiger partial charge in [-0.05, 0) is 6.92 Å². The molecule has 9 heteroatoms. The molecule has 0 bridgehead atoms. The summed E-state index contributed by atoms with van der Waals surface area (Å²) < 4.78 is 57.6. The van der Waals surface area contributed by atoms with Crippen molar-refractivity contribution in [3.05, 3.63) is 57.2 Å². The van der Waals surface area contributed by atoms with Crippen molar-refractivity contribution in [2.45, 2.75) is 6.92 Å². The van der Waals surface area contributed by atoms with Gasteiger partial charge in [0.05, 0.1) is 18.7 Å². The fourth-order valence-electron chi connectivity index (χ4n) is 2.39. The van der Waals surface area contributed by atoms with E-state index in [2.05, 4.69) is 19.7 Å². The van der Waals surface area contributed by atoms with Crippen molar-refractivity contribution >= 4 is 33.4 Å². The van der Waals surface area contributed by atoms with Gasteiger partial charge < -0.3 is 0 Å². The average molecular weight is 341 g/mol. The molecule has 0 spiro atoms. The molecule has 0 amide bonds. The van der Waals surface area contributed by atoms with Gasteiger partial charge in [-0.25, -0.2) is 37.2 Å². The third-order valence-corrected chi connectivity index (χ3v) is 3.63. The number of nitriles is 1. The van der Waals surface area contributed by atoms with Crippen LogP contribution in [0.4, 0.5) is 28.9 Å². The molecule has 3 rings (SSSR count). The molecule has 25 heavy (non-hydrogen) atoms. The Labute approximate surface area is 137 Å². The molecule has 3 aromatic rings. The number of hydrogen-bond donors (Lipinski definition) is 0. The zero-order valence-corrected chi connectivity index (χ0v) is 12.2. The molecule has 0 aliphatic rings. The summed E-state index contributed by atoms with van der Waals surface area (Å²) in [5, 5.41) is 8.93. The van der Waals surface area contributed by atoms with Gasteiger partial charge in [-0.3, -0.25) is 0 Å². The Hall–Kier alpha value is -3.77. The summed E-state index contributed by atoms with van der Waals surface area (Å²) in [6, 6.07) is 1.47. The lowest BCUT2D eigenvalue weighted by molar-refractivity contribution is 0.599. The Morgan fingerprint density at radius 3 is 1.60 bits per heavy atom. The van der Waals surface area contributed by atoms with Crippen LogP contribution in [0.2, 0.25) is 0 Å². The summed E-state index contributed by atoms with van der Waals surface area (Å²) in [7, 11) is 0. The molecule has 0 unspecified atom stereocenters. The minimum atomic E-state index is -1.37.